The van der Waals surface area contributed by atoms with Crippen molar-refractivity contribution in [2.75, 3.05) is 9.80 Å². The van der Waals surface area contributed by atoms with E-state index < -0.39 is 0 Å². The molecule has 0 unspecified atom stereocenters. The Hall–Kier alpha value is -9.32. The zero-order valence-corrected chi connectivity index (χ0v) is 52.4. The standard InChI is InChI=1S/C82H75BN4/c1-79(2,3)56-43-55(44-57(47-56)80(4,5)6)54-28-23-30-61(46-54)87-74-38-24-37-73-77(74)83(68-41-42-72-76(78(68)87)66-33-18-21-36-71(66)86(72)63-49-58(81(7,8)9)48-59(50-63)82(10,11)12)67-40-39-62(84-69-34-19-16-31-64(69)65-32-17-20-35-70(65)84)51-75(67)85(73)60-29-22-27-53(45-60)52-25-14-13-15-26-52/h13-51H,1-12H3. The van der Waals surface area contributed by atoms with Crippen LogP contribution >= 0.6 is 0 Å². The fourth-order valence-corrected chi connectivity index (χ4v) is 14.2. The van der Waals surface area contributed by atoms with Crippen LogP contribution in [0.25, 0.3) is 77.2 Å². The Morgan fingerprint density at radius 3 is 1.30 bits per heavy atom. The monoisotopic (exact) mass is 1130 g/mol. The van der Waals surface area contributed by atoms with Gasteiger partial charge in [-0.2, -0.15) is 0 Å². The molecule has 5 heteroatoms. The van der Waals surface area contributed by atoms with E-state index in [4.69, 9.17) is 0 Å². The van der Waals surface area contributed by atoms with Gasteiger partial charge in [0.15, 0.2) is 0 Å². The summed E-state index contributed by atoms with van der Waals surface area (Å²) in [5, 5.41) is 4.97. The third-order valence-corrected chi connectivity index (χ3v) is 18.8. The number of benzene rings is 11. The summed E-state index contributed by atoms with van der Waals surface area (Å²) in [6.07, 6.45) is 0. The lowest BCUT2D eigenvalue weighted by molar-refractivity contribution is 0.567. The second-order valence-electron chi connectivity index (χ2n) is 28.7. The van der Waals surface area contributed by atoms with Gasteiger partial charge in [0.1, 0.15) is 0 Å². The Bertz CT molecular complexity index is 4810. The van der Waals surface area contributed by atoms with Gasteiger partial charge in [-0.3, -0.25) is 0 Å². The molecule has 426 valence electrons. The molecule has 0 spiro atoms. The number of hydrogen-bond donors (Lipinski definition) is 0. The van der Waals surface area contributed by atoms with Gasteiger partial charge in [0.25, 0.3) is 6.71 Å². The third-order valence-electron chi connectivity index (χ3n) is 18.8. The van der Waals surface area contributed by atoms with Gasteiger partial charge >= 0.3 is 0 Å². The highest BCUT2D eigenvalue weighted by Crippen LogP contribution is 2.50. The lowest BCUT2D eigenvalue weighted by atomic mass is 9.33. The van der Waals surface area contributed by atoms with Crippen molar-refractivity contribution >= 4 is 101 Å². The van der Waals surface area contributed by atoms with Gasteiger partial charge in [-0.1, -0.05) is 235 Å². The van der Waals surface area contributed by atoms with Crippen molar-refractivity contribution in [3.63, 3.8) is 0 Å². The van der Waals surface area contributed by atoms with Gasteiger partial charge in [-0.25, -0.2) is 0 Å². The molecule has 0 saturated heterocycles. The summed E-state index contributed by atoms with van der Waals surface area (Å²) in [4.78, 5) is 5.22. The van der Waals surface area contributed by atoms with Crippen LogP contribution in [0.4, 0.5) is 34.1 Å². The van der Waals surface area contributed by atoms with Crippen LogP contribution in [0.3, 0.4) is 0 Å². The Kier molecular flexibility index (Phi) is 12.2. The van der Waals surface area contributed by atoms with Crippen LogP contribution in [0.2, 0.25) is 0 Å². The van der Waals surface area contributed by atoms with Gasteiger partial charge < -0.3 is 18.9 Å². The van der Waals surface area contributed by atoms with E-state index in [2.05, 4.69) is 339 Å². The SMILES string of the molecule is CC(C)(C)c1cc(-c2cccc(N3c4cccc5c4B(c4ccc(-n6c7ccccc7c7ccccc76)cc4N5c4cccc(-c5ccccc5)c4)c4ccc5c(c43)c3ccccc3n5-c3cc(C(C)(C)C)cc(C(C)(C)C)c3)c2)cc(C(C)(C)C)c1. The first-order chi connectivity index (χ1) is 41.7. The predicted octanol–water partition coefficient (Wildman–Crippen LogP) is 20.5. The highest BCUT2D eigenvalue weighted by Gasteiger charge is 2.45. The number of fused-ring (bicyclic) bond motifs is 11. The van der Waals surface area contributed by atoms with Crippen LogP contribution in [-0.4, -0.2) is 15.8 Å². The number of aromatic nitrogens is 2. The van der Waals surface area contributed by atoms with E-state index in [1.807, 2.05) is 0 Å². The smallest absolute Gasteiger partial charge is 0.252 e. The minimum Gasteiger partial charge on any atom is -0.311 e. The Morgan fingerprint density at radius 2 is 0.724 bits per heavy atom. The van der Waals surface area contributed by atoms with E-state index in [-0.39, 0.29) is 28.4 Å². The maximum absolute atomic E-state index is 2.65. The zero-order valence-electron chi connectivity index (χ0n) is 52.4. The summed E-state index contributed by atoms with van der Waals surface area (Å²) in [5.41, 5.74) is 27.8. The fraction of sp³-hybridized carbons (Fsp3) is 0.195. The van der Waals surface area contributed by atoms with Crippen molar-refractivity contribution in [1.82, 2.24) is 9.13 Å². The van der Waals surface area contributed by atoms with Crippen molar-refractivity contribution in [2.45, 2.75) is 105 Å². The molecule has 0 N–H and O–H groups in total. The number of hydrogen-bond acceptors (Lipinski definition) is 2. The van der Waals surface area contributed by atoms with Crippen molar-refractivity contribution in [1.29, 1.82) is 0 Å². The summed E-state index contributed by atoms with van der Waals surface area (Å²) in [7, 11) is 0. The van der Waals surface area contributed by atoms with E-state index in [1.165, 1.54) is 133 Å². The molecule has 15 rings (SSSR count). The number of nitrogens with zero attached hydrogens (tertiary/aromatic N) is 4. The van der Waals surface area contributed by atoms with E-state index in [1.54, 1.807) is 0 Å². The van der Waals surface area contributed by atoms with E-state index in [0.717, 1.165) is 17.1 Å². The molecule has 2 aliphatic rings. The van der Waals surface area contributed by atoms with Gasteiger partial charge in [-0.05, 0) is 167 Å². The van der Waals surface area contributed by atoms with Crippen LogP contribution in [0.15, 0.2) is 237 Å². The number of para-hydroxylation sites is 3. The van der Waals surface area contributed by atoms with Crippen LogP contribution in [0.1, 0.15) is 105 Å². The van der Waals surface area contributed by atoms with E-state index in [9.17, 15) is 0 Å². The third kappa shape index (κ3) is 8.86. The minimum atomic E-state index is -0.123. The molecule has 0 saturated carbocycles. The first-order valence-electron chi connectivity index (χ1n) is 31.2. The first-order valence-corrected chi connectivity index (χ1v) is 31.2. The Morgan fingerprint density at radius 1 is 0.276 bits per heavy atom. The number of anilines is 6. The lowest BCUT2D eigenvalue weighted by Crippen LogP contribution is -2.61. The maximum atomic E-state index is 2.65. The quantitative estimate of drug-likeness (QED) is 0.154. The first kappa shape index (κ1) is 54.3. The lowest BCUT2D eigenvalue weighted by Gasteiger charge is -2.44. The van der Waals surface area contributed by atoms with E-state index in [0.29, 0.717) is 0 Å². The summed E-state index contributed by atoms with van der Waals surface area (Å²) in [6, 6.07) is 90.3. The largest absolute Gasteiger partial charge is 0.311 e. The highest BCUT2D eigenvalue weighted by molar-refractivity contribution is 7.00. The molecular weight excluding hydrogens is 1050 g/mol. The summed E-state index contributed by atoms with van der Waals surface area (Å²) < 4.78 is 5.04. The normalized spacial score (nSPS) is 13.4. The molecule has 2 aromatic heterocycles. The molecule has 2 aliphatic heterocycles. The molecule has 87 heavy (non-hydrogen) atoms. The average Bonchev–Trinajstić information content (AvgIpc) is 1.65. The molecule has 0 bridgehead atoms. The van der Waals surface area contributed by atoms with Crippen molar-refractivity contribution in [2.24, 2.45) is 0 Å². The van der Waals surface area contributed by atoms with Crippen LogP contribution in [0.5, 0.6) is 0 Å². The zero-order chi connectivity index (χ0) is 60.1. The van der Waals surface area contributed by atoms with Gasteiger partial charge in [0, 0.05) is 61.4 Å². The van der Waals surface area contributed by atoms with Crippen LogP contribution < -0.4 is 26.2 Å². The predicted molar refractivity (Wildman–Crippen MR) is 375 cm³/mol. The summed E-state index contributed by atoms with van der Waals surface area (Å²) in [5.74, 6) is 0. The molecule has 0 atom stereocenters. The highest BCUT2D eigenvalue weighted by atomic mass is 15.2. The van der Waals surface area contributed by atoms with Gasteiger partial charge in [0.2, 0.25) is 0 Å². The van der Waals surface area contributed by atoms with E-state index >= 15 is 0 Å². The molecule has 0 aliphatic carbocycles. The average molecular weight is 1130 g/mol. The molecule has 0 amide bonds. The van der Waals surface area contributed by atoms with Crippen LogP contribution in [-0.2, 0) is 21.7 Å². The molecule has 11 aromatic carbocycles. The topological polar surface area (TPSA) is 16.3 Å². The minimum absolute atomic E-state index is 0.0373. The molecule has 0 fully saturated rings. The van der Waals surface area contributed by atoms with Crippen molar-refractivity contribution < 1.29 is 0 Å². The Balaban J connectivity index is 1.05. The molecule has 4 nitrogen and oxygen atoms in total. The number of rotatable bonds is 6. The Labute approximate surface area is 514 Å². The maximum Gasteiger partial charge on any atom is 0.252 e. The molecular formula is C82H75BN4. The van der Waals surface area contributed by atoms with Crippen molar-refractivity contribution in [3.05, 3.63) is 259 Å². The molecule has 0 radical (unpaired) electrons. The van der Waals surface area contributed by atoms with Gasteiger partial charge in [0.05, 0.1) is 27.8 Å². The molecule has 4 heterocycles. The second-order valence-corrected chi connectivity index (χ2v) is 28.7. The van der Waals surface area contributed by atoms with Gasteiger partial charge in [-0.15, -0.1) is 0 Å². The molecule has 13 aromatic rings. The van der Waals surface area contributed by atoms with Crippen molar-refractivity contribution in [3.8, 4) is 33.6 Å². The van der Waals surface area contributed by atoms with Crippen LogP contribution in [0, 0.1) is 0 Å². The second kappa shape index (κ2) is 19.6. The summed E-state index contributed by atoms with van der Waals surface area (Å²) >= 11 is 0. The fourth-order valence-electron chi connectivity index (χ4n) is 14.2. The summed E-state index contributed by atoms with van der Waals surface area (Å²) in [6.45, 7) is 28.0.